The van der Waals surface area contributed by atoms with Crippen molar-refractivity contribution in [2.45, 2.75) is 117 Å². The standard InChI is InChI=1S/C30H54N2O3/c1-19(2)31-15-16-32-22-11-13-29(4)21(17-22)18-26(33)28-24-9-8-23(20(3)7-10-27(34)35-6)30(24,5)14-12-25(28)29/h19-26,28,31-33H,7-18H2,1-6H3/t20-,21-,22+,23-,24?,25?,26?,28?,29+,30-/m1/s1. The molecular weight excluding hydrogens is 436 g/mol. The van der Waals surface area contributed by atoms with Gasteiger partial charge in [-0.15, -0.1) is 0 Å². The number of aliphatic hydroxyl groups is 1. The zero-order chi connectivity index (χ0) is 25.4. The number of hydrogen-bond donors (Lipinski definition) is 3. The van der Waals surface area contributed by atoms with E-state index in [1.165, 1.54) is 52.1 Å². The Morgan fingerprint density at radius 1 is 1.00 bits per heavy atom. The molecule has 4 unspecified atom stereocenters. The Morgan fingerprint density at radius 3 is 2.43 bits per heavy atom. The van der Waals surface area contributed by atoms with Crippen LogP contribution < -0.4 is 10.6 Å². The van der Waals surface area contributed by atoms with E-state index in [0.717, 1.165) is 25.9 Å². The minimum atomic E-state index is -0.145. The number of aliphatic hydroxyl groups excluding tert-OH is 1. The van der Waals surface area contributed by atoms with Crippen molar-refractivity contribution in [1.82, 2.24) is 10.6 Å². The van der Waals surface area contributed by atoms with Crippen molar-refractivity contribution in [3.63, 3.8) is 0 Å². The maximum absolute atomic E-state index is 11.8. The molecular formula is C30H54N2O3. The van der Waals surface area contributed by atoms with Crippen LogP contribution in [-0.2, 0) is 9.53 Å². The number of nitrogens with one attached hydrogen (secondary N) is 2. The lowest BCUT2D eigenvalue weighted by Gasteiger charge is -2.62. The number of fused-ring (bicyclic) bond motifs is 5. The highest BCUT2D eigenvalue weighted by atomic mass is 16.5. The molecule has 4 saturated carbocycles. The first kappa shape index (κ1) is 27.4. The first-order valence-electron chi connectivity index (χ1n) is 14.8. The molecule has 0 saturated heterocycles. The molecule has 0 radical (unpaired) electrons. The molecule has 202 valence electrons. The average molecular weight is 491 g/mol. The quantitative estimate of drug-likeness (QED) is 0.308. The zero-order valence-corrected chi connectivity index (χ0v) is 23.4. The lowest BCUT2D eigenvalue weighted by Crippen LogP contribution is -2.59. The van der Waals surface area contributed by atoms with E-state index in [1.54, 1.807) is 0 Å². The Morgan fingerprint density at radius 2 is 1.71 bits per heavy atom. The summed E-state index contributed by atoms with van der Waals surface area (Å²) in [4.78, 5) is 11.8. The number of ether oxygens (including phenoxy) is 1. The second kappa shape index (κ2) is 11.0. The van der Waals surface area contributed by atoms with Crippen LogP contribution in [0.2, 0.25) is 0 Å². The highest BCUT2D eigenvalue weighted by molar-refractivity contribution is 5.69. The highest BCUT2D eigenvalue weighted by Gasteiger charge is 2.62. The van der Waals surface area contributed by atoms with E-state index in [0.29, 0.717) is 64.8 Å². The lowest BCUT2D eigenvalue weighted by molar-refractivity contribution is -0.167. The van der Waals surface area contributed by atoms with Gasteiger partial charge in [0, 0.05) is 31.6 Å². The van der Waals surface area contributed by atoms with E-state index in [4.69, 9.17) is 4.74 Å². The van der Waals surface area contributed by atoms with Crippen molar-refractivity contribution in [1.29, 1.82) is 0 Å². The van der Waals surface area contributed by atoms with Gasteiger partial charge in [0.25, 0.3) is 0 Å². The Bertz CT molecular complexity index is 728. The Kier molecular flexibility index (Phi) is 8.60. The predicted octanol–water partition coefficient (Wildman–Crippen LogP) is 5.16. The molecule has 4 aliphatic carbocycles. The summed E-state index contributed by atoms with van der Waals surface area (Å²) in [5.74, 6) is 3.53. The van der Waals surface area contributed by atoms with E-state index in [1.807, 2.05) is 0 Å². The van der Waals surface area contributed by atoms with Crippen molar-refractivity contribution in [2.75, 3.05) is 20.2 Å². The normalized spacial score (nSPS) is 43.8. The van der Waals surface area contributed by atoms with Crippen molar-refractivity contribution < 1.29 is 14.6 Å². The third-order valence-electron chi connectivity index (χ3n) is 11.6. The molecule has 10 atom stereocenters. The van der Waals surface area contributed by atoms with Gasteiger partial charge in [-0.25, -0.2) is 0 Å². The minimum absolute atomic E-state index is 0.0804. The molecule has 4 aliphatic rings. The van der Waals surface area contributed by atoms with Gasteiger partial charge in [0.05, 0.1) is 13.2 Å². The number of methoxy groups -OCH3 is 1. The van der Waals surface area contributed by atoms with Crippen molar-refractivity contribution in [3.05, 3.63) is 0 Å². The summed E-state index contributed by atoms with van der Waals surface area (Å²) in [6, 6.07) is 1.14. The van der Waals surface area contributed by atoms with Crippen LogP contribution in [0.25, 0.3) is 0 Å². The average Bonchev–Trinajstić information content (AvgIpc) is 3.17. The van der Waals surface area contributed by atoms with Gasteiger partial charge in [0.2, 0.25) is 0 Å². The van der Waals surface area contributed by atoms with Crippen LogP contribution in [0.4, 0.5) is 0 Å². The Hall–Kier alpha value is -0.650. The molecule has 0 aromatic rings. The van der Waals surface area contributed by atoms with Crippen molar-refractivity contribution >= 4 is 5.97 Å². The first-order valence-corrected chi connectivity index (χ1v) is 14.8. The third kappa shape index (κ3) is 5.34. The number of rotatable bonds is 9. The van der Waals surface area contributed by atoms with Crippen LogP contribution in [0.3, 0.4) is 0 Å². The molecule has 4 rings (SSSR count). The SMILES string of the molecule is COC(=O)CC[C@@H](C)[C@H]1CCC2C3C(O)C[C@H]4C[C@@H](NCCNC(C)C)CC[C@]4(C)C3CC[C@@]21C. The van der Waals surface area contributed by atoms with Gasteiger partial charge < -0.3 is 20.5 Å². The lowest BCUT2D eigenvalue weighted by atomic mass is 9.43. The van der Waals surface area contributed by atoms with E-state index in [2.05, 4.69) is 45.3 Å². The fourth-order valence-electron chi connectivity index (χ4n) is 9.67. The maximum Gasteiger partial charge on any atom is 0.305 e. The summed E-state index contributed by atoms with van der Waals surface area (Å²) in [7, 11) is 1.49. The molecule has 0 aromatic heterocycles. The van der Waals surface area contributed by atoms with Crippen molar-refractivity contribution in [2.24, 2.45) is 46.3 Å². The second-order valence-electron chi connectivity index (χ2n) is 13.7. The van der Waals surface area contributed by atoms with Gasteiger partial charge in [-0.2, -0.15) is 0 Å². The summed E-state index contributed by atoms with van der Waals surface area (Å²) in [5, 5.41) is 19.0. The highest BCUT2D eigenvalue weighted by Crippen LogP contribution is 2.68. The van der Waals surface area contributed by atoms with Crippen LogP contribution in [0.5, 0.6) is 0 Å². The van der Waals surface area contributed by atoms with E-state index in [-0.39, 0.29) is 12.1 Å². The minimum Gasteiger partial charge on any atom is -0.469 e. The fourth-order valence-corrected chi connectivity index (χ4v) is 9.67. The first-order chi connectivity index (χ1) is 16.6. The van der Waals surface area contributed by atoms with Crippen LogP contribution in [0.15, 0.2) is 0 Å². The number of carbonyl (C=O) groups excluding carboxylic acids is 1. The van der Waals surface area contributed by atoms with Gasteiger partial charge in [-0.1, -0.05) is 34.6 Å². The van der Waals surface area contributed by atoms with Crippen LogP contribution in [-0.4, -0.2) is 49.5 Å². The van der Waals surface area contributed by atoms with Gasteiger partial charge in [-0.05, 0) is 104 Å². The molecule has 0 aliphatic heterocycles. The van der Waals surface area contributed by atoms with Gasteiger partial charge in [-0.3, -0.25) is 4.79 Å². The molecule has 0 aromatic carbocycles. The topological polar surface area (TPSA) is 70.6 Å². The number of hydrogen-bond acceptors (Lipinski definition) is 5. The summed E-state index contributed by atoms with van der Waals surface area (Å²) < 4.78 is 4.91. The molecule has 0 bridgehead atoms. The van der Waals surface area contributed by atoms with E-state index < -0.39 is 0 Å². The Balaban J connectivity index is 1.40. The summed E-state index contributed by atoms with van der Waals surface area (Å²) >= 11 is 0. The maximum atomic E-state index is 11.8. The molecule has 4 fully saturated rings. The largest absolute Gasteiger partial charge is 0.469 e. The smallest absolute Gasteiger partial charge is 0.305 e. The summed E-state index contributed by atoms with van der Waals surface area (Å²) in [5.41, 5.74) is 0.692. The zero-order valence-electron chi connectivity index (χ0n) is 23.4. The van der Waals surface area contributed by atoms with Crippen LogP contribution in [0, 0.1) is 46.3 Å². The monoisotopic (exact) mass is 490 g/mol. The fraction of sp³-hybridized carbons (Fsp3) is 0.967. The van der Waals surface area contributed by atoms with E-state index in [9.17, 15) is 9.90 Å². The predicted molar refractivity (Wildman–Crippen MR) is 142 cm³/mol. The Labute approximate surface area is 214 Å². The molecule has 5 heteroatoms. The number of carbonyl (C=O) groups is 1. The van der Waals surface area contributed by atoms with Crippen LogP contribution >= 0.6 is 0 Å². The third-order valence-corrected chi connectivity index (χ3v) is 11.6. The van der Waals surface area contributed by atoms with Gasteiger partial charge in [0.15, 0.2) is 0 Å². The van der Waals surface area contributed by atoms with Crippen molar-refractivity contribution in [3.8, 4) is 0 Å². The van der Waals surface area contributed by atoms with Gasteiger partial charge in [0.1, 0.15) is 0 Å². The molecule has 35 heavy (non-hydrogen) atoms. The molecule has 0 heterocycles. The summed E-state index contributed by atoms with van der Waals surface area (Å²) in [6.45, 7) is 14.0. The molecule has 0 amide bonds. The molecule has 3 N–H and O–H groups in total. The molecule has 5 nitrogen and oxygen atoms in total. The molecule has 0 spiro atoms. The van der Waals surface area contributed by atoms with Gasteiger partial charge >= 0.3 is 5.97 Å². The van der Waals surface area contributed by atoms with Crippen LogP contribution in [0.1, 0.15) is 98.8 Å². The van der Waals surface area contributed by atoms with E-state index >= 15 is 0 Å². The second-order valence-corrected chi connectivity index (χ2v) is 13.7. The number of esters is 1. The summed E-state index contributed by atoms with van der Waals surface area (Å²) in [6.07, 6.45) is 11.2.